The number of benzene rings is 1. The van der Waals surface area contributed by atoms with Gasteiger partial charge in [0.05, 0.1) is 6.61 Å². The van der Waals surface area contributed by atoms with Gasteiger partial charge >= 0.3 is 6.09 Å². The maximum absolute atomic E-state index is 11.4. The topological polar surface area (TPSA) is 58.6 Å². The van der Waals surface area contributed by atoms with Crippen LogP contribution in [0, 0.1) is 5.92 Å². The van der Waals surface area contributed by atoms with Crippen LogP contribution < -0.4 is 5.32 Å². The second-order valence-corrected chi connectivity index (χ2v) is 6.18. The van der Waals surface area contributed by atoms with E-state index >= 15 is 0 Å². The average Bonchev–Trinajstić information content (AvgIpc) is 2.50. The lowest BCUT2D eigenvalue weighted by atomic mass is 9.82. The van der Waals surface area contributed by atoms with Crippen molar-refractivity contribution in [3.8, 4) is 0 Å². The lowest BCUT2D eigenvalue weighted by Gasteiger charge is -2.26. The number of hydrogen-bond donors (Lipinski definition) is 2. The van der Waals surface area contributed by atoms with Crippen molar-refractivity contribution >= 4 is 6.09 Å². The third-order valence-electron chi connectivity index (χ3n) is 4.71. The Hall–Kier alpha value is -1.55. The molecule has 0 aromatic heterocycles. The second kappa shape index (κ2) is 6.48. The third kappa shape index (κ3) is 3.38. The van der Waals surface area contributed by atoms with E-state index in [0.29, 0.717) is 25.0 Å². The minimum Gasteiger partial charge on any atom is -0.450 e. The van der Waals surface area contributed by atoms with Gasteiger partial charge in [0, 0.05) is 19.1 Å². The number of amides is 1. The van der Waals surface area contributed by atoms with Gasteiger partial charge in [-0.2, -0.15) is 0 Å². The van der Waals surface area contributed by atoms with E-state index in [1.165, 1.54) is 16.7 Å². The molecule has 2 aliphatic rings. The van der Waals surface area contributed by atoms with Crippen molar-refractivity contribution in [3.63, 3.8) is 0 Å². The van der Waals surface area contributed by atoms with Crippen LogP contribution in [0.2, 0.25) is 0 Å². The number of fused-ring (bicyclic) bond motifs is 1. The summed E-state index contributed by atoms with van der Waals surface area (Å²) in [6.45, 7) is 1.44. The monoisotopic (exact) mass is 289 g/mol. The van der Waals surface area contributed by atoms with E-state index in [2.05, 4.69) is 23.5 Å². The van der Waals surface area contributed by atoms with Crippen molar-refractivity contribution in [2.75, 3.05) is 19.8 Å². The molecule has 4 nitrogen and oxygen atoms in total. The SMILES string of the molecule is O=C1NC[C@@H](c2ccc3c(c2)CC[C@H](CO)C3)CCCO1. The fourth-order valence-corrected chi connectivity index (χ4v) is 3.40. The van der Waals surface area contributed by atoms with Gasteiger partial charge in [-0.05, 0) is 54.7 Å². The highest BCUT2D eigenvalue weighted by molar-refractivity contribution is 5.67. The van der Waals surface area contributed by atoms with Crippen LogP contribution in [0.15, 0.2) is 18.2 Å². The summed E-state index contributed by atoms with van der Waals surface area (Å²) in [5, 5.41) is 12.1. The Morgan fingerprint density at radius 2 is 2.19 bits per heavy atom. The van der Waals surface area contributed by atoms with Crippen molar-refractivity contribution in [2.45, 2.75) is 38.0 Å². The number of aryl methyl sites for hydroxylation is 1. The molecule has 1 saturated heterocycles. The number of hydrogen-bond acceptors (Lipinski definition) is 3. The first-order chi connectivity index (χ1) is 10.3. The zero-order valence-electron chi connectivity index (χ0n) is 12.3. The molecule has 1 heterocycles. The molecule has 0 spiro atoms. The van der Waals surface area contributed by atoms with Gasteiger partial charge in [0.15, 0.2) is 0 Å². The zero-order chi connectivity index (χ0) is 14.7. The minimum atomic E-state index is -0.302. The highest BCUT2D eigenvalue weighted by Crippen LogP contribution is 2.30. The molecular weight excluding hydrogens is 266 g/mol. The van der Waals surface area contributed by atoms with Crippen molar-refractivity contribution in [1.82, 2.24) is 5.32 Å². The van der Waals surface area contributed by atoms with Crippen LogP contribution in [-0.4, -0.2) is 31.0 Å². The molecule has 1 aliphatic heterocycles. The Balaban J connectivity index is 1.75. The predicted octanol–water partition coefficient (Wildman–Crippen LogP) is 2.39. The first kappa shape index (κ1) is 14.4. The number of aliphatic hydroxyl groups is 1. The van der Waals surface area contributed by atoms with Gasteiger partial charge in [0.25, 0.3) is 0 Å². The summed E-state index contributed by atoms with van der Waals surface area (Å²) in [6.07, 6.45) is 4.77. The van der Waals surface area contributed by atoms with Crippen molar-refractivity contribution < 1.29 is 14.6 Å². The second-order valence-electron chi connectivity index (χ2n) is 6.18. The van der Waals surface area contributed by atoms with Gasteiger partial charge < -0.3 is 15.2 Å². The molecule has 0 radical (unpaired) electrons. The fraction of sp³-hybridized carbons (Fsp3) is 0.588. The summed E-state index contributed by atoms with van der Waals surface area (Å²) in [6, 6.07) is 6.71. The van der Waals surface area contributed by atoms with E-state index in [1.807, 2.05) is 0 Å². The van der Waals surface area contributed by atoms with E-state index in [1.54, 1.807) is 0 Å². The van der Waals surface area contributed by atoms with Gasteiger partial charge in [-0.1, -0.05) is 18.2 Å². The summed E-state index contributed by atoms with van der Waals surface area (Å²) in [5.74, 6) is 0.792. The van der Waals surface area contributed by atoms with Crippen molar-refractivity contribution in [1.29, 1.82) is 0 Å². The molecule has 4 heteroatoms. The average molecular weight is 289 g/mol. The summed E-state index contributed by atoms with van der Waals surface area (Å²) >= 11 is 0. The van der Waals surface area contributed by atoms with E-state index in [-0.39, 0.29) is 12.7 Å². The molecule has 2 N–H and O–H groups in total. The van der Waals surface area contributed by atoms with Gasteiger partial charge in [0.1, 0.15) is 0 Å². The Morgan fingerprint density at radius 1 is 1.29 bits per heavy atom. The maximum Gasteiger partial charge on any atom is 0.407 e. The Labute approximate surface area is 125 Å². The van der Waals surface area contributed by atoms with E-state index < -0.39 is 0 Å². The smallest absolute Gasteiger partial charge is 0.407 e. The number of rotatable bonds is 2. The van der Waals surface area contributed by atoms with Crippen LogP contribution in [0.25, 0.3) is 0 Å². The molecule has 21 heavy (non-hydrogen) atoms. The largest absolute Gasteiger partial charge is 0.450 e. The molecule has 1 aliphatic carbocycles. The molecule has 1 fully saturated rings. The van der Waals surface area contributed by atoms with Crippen molar-refractivity contribution in [2.24, 2.45) is 5.92 Å². The fourth-order valence-electron chi connectivity index (χ4n) is 3.40. The molecule has 114 valence electrons. The van der Waals surface area contributed by atoms with Crippen LogP contribution in [0.4, 0.5) is 4.79 Å². The molecule has 0 bridgehead atoms. The van der Waals surface area contributed by atoms with Crippen LogP contribution >= 0.6 is 0 Å². The summed E-state index contributed by atoms with van der Waals surface area (Å²) in [4.78, 5) is 11.4. The quantitative estimate of drug-likeness (QED) is 0.879. The molecule has 1 amide bonds. The van der Waals surface area contributed by atoms with Crippen molar-refractivity contribution in [3.05, 3.63) is 34.9 Å². The van der Waals surface area contributed by atoms with Gasteiger partial charge in [-0.25, -0.2) is 4.79 Å². The normalized spacial score (nSPS) is 26.0. The molecule has 2 atom stereocenters. The van der Waals surface area contributed by atoms with E-state index in [9.17, 15) is 9.90 Å². The first-order valence-electron chi connectivity index (χ1n) is 7.89. The number of ether oxygens (including phenoxy) is 1. The van der Waals surface area contributed by atoms with Crippen LogP contribution in [-0.2, 0) is 17.6 Å². The number of carbonyl (C=O) groups is 1. The van der Waals surface area contributed by atoms with Gasteiger partial charge in [0.2, 0.25) is 0 Å². The third-order valence-corrected chi connectivity index (χ3v) is 4.71. The van der Waals surface area contributed by atoms with Crippen LogP contribution in [0.5, 0.6) is 0 Å². The zero-order valence-corrected chi connectivity index (χ0v) is 12.3. The highest BCUT2D eigenvalue weighted by atomic mass is 16.5. The van der Waals surface area contributed by atoms with Crippen LogP contribution in [0.3, 0.4) is 0 Å². The number of carbonyl (C=O) groups excluding carboxylic acids is 1. The van der Waals surface area contributed by atoms with E-state index in [4.69, 9.17) is 4.74 Å². The summed E-state index contributed by atoms with van der Waals surface area (Å²) < 4.78 is 5.01. The molecule has 1 aromatic carbocycles. The number of nitrogens with one attached hydrogen (secondary N) is 1. The predicted molar refractivity (Wildman–Crippen MR) is 80.4 cm³/mol. The first-order valence-corrected chi connectivity index (χ1v) is 7.89. The molecule has 1 aromatic rings. The molecule has 0 unspecified atom stereocenters. The number of alkyl carbamates (subject to hydrolysis) is 1. The highest BCUT2D eigenvalue weighted by Gasteiger charge is 2.21. The molecule has 0 saturated carbocycles. The molecule has 3 rings (SSSR count). The van der Waals surface area contributed by atoms with Gasteiger partial charge in [-0.15, -0.1) is 0 Å². The van der Waals surface area contributed by atoms with E-state index in [0.717, 1.165) is 32.1 Å². The van der Waals surface area contributed by atoms with Gasteiger partial charge in [-0.3, -0.25) is 0 Å². The number of aliphatic hydroxyl groups excluding tert-OH is 1. The Kier molecular flexibility index (Phi) is 4.44. The lowest BCUT2D eigenvalue weighted by Crippen LogP contribution is -2.31. The summed E-state index contributed by atoms with van der Waals surface area (Å²) in [7, 11) is 0. The lowest BCUT2D eigenvalue weighted by molar-refractivity contribution is 0.136. The Bertz CT molecular complexity index is 515. The molecular formula is C17H23NO3. The maximum atomic E-state index is 11.4. The Morgan fingerprint density at radius 3 is 3.05 bits per heavy atom. The number of cyclic esters (lactones) is 1. The minimum absolute atomic E-state index is 0.288. The summed E-state index contributed by atoms with van der Waals surface area (Å²) in [5.41, 5.74) is 4.11. The van der Waals surface area contributed by atoms with Crippen LogP contribution in [0.1, 0.15) is 41.9 Å². The standard InChI is InChI=1S/C17H23NO3/c19-11-12-3-4-14-9-15(6-5-13(14)8-12)16-2-1-7-21-17(20)18-10-16/h5-6,9,12,16,19H,1-4,7-8,10-11H2,(H,18,20)/t12-,16-/m0/s1.